The van der Waals surface area contributed by atoms with Crippen molar-refractivity contribution in [1.82, 2.24) is 19.6 Å². The first-order chi connectivity index (χ1) is 15.7. The Kier molecular flexibility index (Phi) is 5.39. The van der Waals surface area contributed by atoms with E-state index >= 15 is 0 Å². The third kappa shape index (κ3) is 4.23. The number of hydrogen-bond donors (Lipinski definition) is 2. The summed E-state index contributed by atoms with van der Waals surface area (Å²) in [5.74, 6) is 1.52. The lowest BCUT2D eigenvalue weighted by Crippen LogP contribution is -2.37. The summed E-state index contributed by atoms with van der Waals surface area (Å²) in [4.78, 5) is 23.5. The molecule has 1 saturated heterocycles. The number of nitrogens with one attached hydrogen (secondary N) is 2. The zero-order chi connectivity index (χ0) is 21.9. The highest BCUT2D eigenvalue weighted by Crippen LogP contribution is 2.25. The number of fused-ring (bicyclic) bond motifs is 1. The summed E-state index contributed by atoms with van der Waals surface area (Å²) in [6, 6.07) is 14.8. The van der Waals surface area contributed by atoms with Crippen molar-refractivity contribution in [2.45, 2.75) is 6.92 Å². The van der Waals surface area contributed by atoms with Gasteiger partial charge in [0, 0.05) is 36.2 Å². The van der Waals surface area contributed by atoms with Crippen molar-refractivity contribution in [3.05, 3.63) is 66.6 Å². The molecule has 5 rings (SSSR count). The van der Waals surface area contributed by atoms with E-state index in [0.717, 1.165) is 35.7 Å². The zero-order valence-electron chi connectivity index (χ0n) is 17.7. The Bertz CT molecular complexity index is 1230. The van der Waals surface area contributed by atoms with Crippen LogP contribution in [0, 0.1) is 6.92 Å². The van der Waals surface area contributed by atoms with Gasteiger partial charge >= 0.3 is 6.03 Å². The van der Waals surface area contributed by atoms with Crippen LogP contribution in [0.3, 0.4) is 0 Å². The number of morpholine rings is 1. The molecule has 2 amide bonds. The van der Waals surface area contributed by atoms with Crippen LogP contribution in [0.15, 0.2) is 60.9 Å². The molecule has 2 N–H and O–H groups in total. The minimum atomic E-state index is -0.331. The highest BCUT2D eigenvalue weighted by atomic mass is 16.5. The Morgan fingerprint density at radius 1 is 1.00 bits per heavy atom. The van der Waals surface area contributed by atoms with Gasteiger partial charge in [0.05, 0.1) is 25.1 Å². The van der Waals surface area contributed by atoms with Gasteiger partial charge < -0.3 is 20.3 Å². The summed E-state index contributed by atoms with van der Waals surface area (Å²) >= 11 is 0. The van der Waals surface area contributed by atoms with Crippen molar-refractivity contribution in [3.8, 4) is 11.4 Å². The number of carbonyl (C=O) groups excluding carboxylic acids is 1. The normalized spacial score (nSPS) is 13.8. The van der Waals surface area contributed by atoms with E-state index < -0.39 is 0 Å². The molecular formula is C23H23N7O2. The molecule has 162 valence electrons. The lowest BCUT2D eigenvalue weighted by atomic mass is 10.2. The van der Waals surface area contributed by atoms with Gasteiger partial charge in [0.25, 0.3) is 0 Å². The van der Waals surface area contributed by atoms with Crippen molar-refractivity contribution >= 4 is 28.7 Å². The van der Waals surface area contributed by atoms with Gasteiger partial charge in [-0.05, 0) is 55.5 Å². The van der Waals surface area contributed by atoms with Crippen LogP contribution in [0.5, 0.6) is 0 Å². The lowest BCUT2D eigenvalue weighted by Gasteiger charge is -2.28. The van der Waals surface area contributed by atoms with Gasteiger partial charge in [0.1, 0.15) is 5.52 Å². The number of carbonyl (C=O) groups is 1. The van der Waals surface area contributed by atoms with E-state index in [1.54, 1.807) is 6.20 Å². The van der Waals surface area contributed by atoms with Crippen molar-refractivity contribution in [1.29, 1.82) is 0 Å². The van der Waals surface area contributed by atoms with E-state index in [1.807, 2.05) is 66.2 Å². The standard InChI is InChI=1S/C23H23N7O2/c1-16-4-7-19(15-24-16)26-23(31)25-18-8-5-17(6-9-18)21-27-22(29-11-13-32-14-12-29)20-3-2-10-30(20)28-21/h2-10,15H,11-14H2,1H3,(H2,25,26,31). The van der Waals surface area contributed by atoms with Gasteiger partial charge in [-0.25, -0.2) is 14.3 Å². The Labute approximate surface area is 185 Å². The molecule has 1 aromatic carbocycles. The fourth-order valence-corrected chi connectivity index (χ4v) is 3.59. The number of urea groups is 1. The van der Waals surface area contributed by atoms with Crippen molar-refractivity contribution in [2.24, 2.45) is 0 Å². The molecule has 0 unspecified atom stereocenters. The Hall–Kier alpha value is -3.98. The maximum atomic E-state index is 12.3. The SMILES string of the molecule is Cc1ccc(NC(=O)Nc2ccc(-c3nc(N4CCOCC4)c4cccn4n3)cc2)cn1. The monoisotopic (exact) mass is 429 g/mol. The van der Waals surface area contributed by atoms with Crippen LogP contribution in [-0.2, 0) is 4.74 Å². The summed E-state index contributed by atoms with van der Waals surface area (Å²) in [6.45, 7) is 4.87. The van der Waals surface area contributed by atoms with E-state index in [4.69, 9.17) is 9.72 Å². The van der Waals surface area contributed by atoms with Crippen molar-refractivity contribution < 1.29 is 9.53 Å². The van der Waals surface area contributed by atoms with E-state index in [2.05, 4.69) is 25.6 Å². The molecule has 1 aliphatic rings. The molecule has 1 fully saturated rings. The Morgan fingerprint density at radius 2 is 1.75 bits per heavy atom. The zero-order valence-corrected chi connectivity index (χ0v) is 17.7. The van der Waals surface area contributed by atoms with E-state index in [0.29, 0.717) is 30.4 Å². The van der Waals surface area contributed by atoms with Crippen molar-refractivity contribution in [2.75, 3.05) is 41.8 Å². The average molecular weight is 429 g/mol. The highest BCUT2D eigenvalue weighted by Gasteiger charge is 2.18. The summed E-state index contributed by atoms with van der Waals surface area (Å²) < 4.78 is 7.33. The summed E-state index contributed by atoms with van der Waals surface area (Å²) in [7, 11) is 0. The smallest absolute Gasteiger partial charge is 0.323 e. The van der Waals surface area contributed by atoms with Crippen LogP contribution >= 0.6 is 0 Å². The van der Waals surface area contributed by atoms with Gasteiger partial charge in [0.2, 0.25) is 0 Å². The summed E-state index contributed by atoms with van der Waals surface area (Å²) in [5.41, 5.74) is 4.03. The number of aromatic nitrogens is 4. The van der Waals surface area contributed by atoms with Gasteiger partial charge in [-0.2, -0.15) is 0 Å². The quantitative estimate of drug-likeness (QED) is 0.515. The molecule has 0 bridgehead atoms. The first kappa shape index (κ1) is 20.0. The maximum absolute atomic E-state index is 12.3. The van der Waals surface area contributed by atoms with Crippen LogP contribution in [0.2, 0.25) is 0 Å². The summed E-state index contributed by atoms with van der Waals surface area (Å²) in [5, 5.41) is 10.3. The fraction of sp³-hybridized carbons (Fsp3) is 0.217. The van der Waals surface area contributed by atoms with Gasteiger partial charge in [0.15, 0.2) is 11.6 Å². The van der Waals surface area contributed by atoms with Gasteiger partial charge in [-0.15, -0.1) is 5.10 Å². The molecule has 0 atom stereocenters. The lowest BCUT2D eigenvalue weighted by molar-refractivity contribution is 0.122. The Balaban J connectivity index is 1.34. The number of hydrogen-bond acceptors (Lipinski definition) is 6. The van der Waals surface area contributed by atoms with Crippen LogP contribution in [0.4, 0.5) is 22.0 Å². The van der Waals surface area contributed by atoms with Crippen molar-refractivity contribution in [3.63, 3.8) is 0 Å². The van der Waals surface area contributed by atoms with Crippen LogP contribution < -0.4 is 15.5 Å². The molecule has 1 aliphatic heterocycles. The fourth-order valence-electron chi connectivity index (χ4n) is 3.59. The van der Waals surface area contributed by atoms with Gasteiger partial charge in [-0.3, -0.25) is 4.98 Å². The molecule has 9 heteroatoms. The molecule has 0 saturated carbocycles. The molecule has 4 heterocycles. The van der Waals surface area contributed by atoms with E-state index in [-0.39, 0.29) is 6.03 Å². The third-order valence-corrected chi connectivity index (χ3v) is 5.25. The number of benzene rings is 1. The molecule has 0 spiro atoms. The molecule has 0 aliphatic carbocycles. The molecule has 9 nitrogen and oxygen atoms in total. The number of anilines is 3. The van der Waals surface area contributed by atoms with Crippen LogP contribution in [0.25, 0.3) is 16.9 Å². The minimum absolute atomic E-state index is 0.331. The molecular weight excluding hydrogens is 406 g/mol. The second-order valence-corrected chi connectivity index (χ2v) is 7.54. The average Bonchev–Trinajstić information content (AvgIpc) is 3.30. The molecule has 4 aromatic rings. The van der Waals surface area contributed by atoms with Gasteiger partial charge in [-0.1, -0.05) is 0 Å². The number of pyridine rings is 1. The maximum Gasteiger partial charge on any atom is 0.323 e. The first-order valence-electron chi connectivity index (χ1n) is 10.4. The first-order valence-corrected chi connectivity index (χ1v) is 10.4. The number of rotatable bonds is 4. The Morgan fingerprint density at radius 3 is 2.50 bits per heavy atom. The van der Waals surface area contributed by atoms with E-state index in [1.165, 1.54) is 0 Å². The molecule has 3 aromatic heterocycles. The minimum Gasteiger partial charge on any atom is -0.378 e. The number of nitrogens with zero attached hydrogens (tertiary/aromatic N) is 5. The second kappa shape index (κ2) is 8.64. The number of aryl methyl sites for hydroxylation is 1. The molecule has 32 heavy (non-hydrogen) atoms. The number of ether oxygens (including phenoxy) is 1. The predicted molar refractivity (Wildman–Crippen MR) is 123 cm³/mol. The van der Waals surface area contributed by atoms with Crippen LogP contribution in [0.1, 0.15) is 5.69 Å². The molecule has 0 radical (unpaired) electrons. The highest BCUT2D eigenvalue weighted by molar-refractivity contribution is 5.99. The predicted octanol–water partition coefficient (Wildman–Crippen LogP) is 3.58. The number of amides is 2. The van der Waals surface area contributed by atoms with Crippen LogP contribution in [-0.4, -0.2) is 51.9 Å². The topological polar surface area (TPSA) is 96.7 Å². The second-order valence-electron chi connectivity index (χ2n) is 7.54. The largest absolute Gasteiger partial charge is 0.378 e. The third-order valence-electron chi connectivity index (χ3n) is 5.25. The summed E-state index contributed by atoms with van der Waals surface area (Å²) in [6.07, 6.45) is 3.55. The van der Waals surface area contributed by atoms with E-state index in [9.17, 15) is 4.79 Å².